The van der Waals surface area contributed by atoms with Crippen LogP contribution in [0.2, 0.25) is 5.02 Å². The number of phenols is 2. The van der Waals surface area contributed by atoms with Crippen LogP contribution < -0.4 is 19.7 Å². The summed E-state index contributed by atoms with van der Waals surface area (Å²) in [7, 11) is 3.15. The van der Waals surface area contributed by atoms with Crippen LogP contribution in [-0.4, -0.2) is 24.4 Å². The Morgan fingerprint density at radius 1 is 1.00 bits per heavy atom. The van der Waals surface area contributed by atoms with Crippen molar-refractivity contribution in [3.8, 4) is 23.0 Å². The second-order valence-corrected chi connectivity index (χ2v) is 6.15. The molecule has 0 bridgehead atoms. The van der Waals surface area contributed by atoms with Crippen molar-refractivity contribution in [3.63, 3.8) is 0 Å². The van der Waals surface area contributed by atoms with Crippen molar-refractivity contribution >= 4 is 34.2 Å². The molecule has 8 heteroatoms. The number of halogens is 1. The zero-order valence-corrected chi connectivity index (χ0v) is 14.5. The summed E-state index contributed by atoms with van der Waals surface area (Å²) in [5.41, 5.74) is 4.98. The van der Waals surface area contributed by atoms with Crippen molar-refractivity contribution in [2.45, 2.75) is 0 Å². The van der Waals surface area contributed by atoms with Crippen molar-refractivity contribution in [2.24, 2.45) is 0 Å². The molecule has 1 heterocycles. The van der Waals surface area contributed by atoms with Gasteiger partial charge in [-0.05, 0) is 41.8 Å². The van der Waals surface area contributed by atoms with Crippen LogP contribution in [0, 0.1) is 0 Å². The Labute approximate surface area is 148 Å². The Balaban J connectivity index is 2.12. The van der Waals surface area contributed by atoms with E-state index in [0.29, 0.717) is 22.8 Å². The molecule has 0 radical (unpaired) electrons. The Bertz CT molecular complexity index is 826. The molecule has 126 valence electrons. The first-order valence-electron chi connectivity index (χ1n) is 6.91. The molecule has 1 aliphatic rings. The standard InChI is InChI=1S/C16H15ClN2O4S/c1-22-13-4-3-8(5-14(13)23-2)16-15(18-19-24-16)9-6-10(17)12(21)7-11(9)20/h3-7,18-21H,1-2H3. The second-order valence-electron chi connectivity index (χ2n) is 4.92. The largest absolute Gasteiger partial charge is 0.507 e. The van der Waals surface area contributed by atoms with E-state index in [0.717, 1.165) is 10.5 Å². The average molecular weight is 367 g/mol. The van der Waals surface area contributed by atoms with Gasteiger partial charge in [0.05, 0.1) is 29.8 Å². The first-order valence-corrected chi connectivity index (χ1v) is 8.11. The maximum atomic E-state index is 10.1. The topological polar surface area (TPSA) is 83.0 Å². The molecule has 0 aliphatic carbocycles. The predicted molar refractivity (Wildman–Crippen MR) is 95.0 cm³/mol. The van der Waals surface area contributed by atoms with Crippen LogP contribution in [0.4, 0.5) is 0 Å². The lowest BCUT2D eigenvalue weighted by atomic mass is 10.1. The molecule has 0 amide bonds. The molecule has 2 aromatic rings. The fourth-order valence-electron chi connectivity index (χ4n) is 2.36. The SMILES string of the molecule is COc1ccc(C2=C(c3cc(Cl)c(O)cc3O)NNS2)cc1OC. The van der Waals surface area contributed by atoms with Crippen LogP contribution in [0.1, 0.15) is 11.1 Å². The first kappa shape index (κ1) is 16.6. The van der Waals surface area contributed by atoms with E-state index in [4.69, 9.17) is 21.1 Å². The first-order chi connectivity index (χ1) is 11.5. The molecule has 0 unspecified atom stereocenters. The number of methoxy groups -OCH3 is 2. The monoisotopic (exact) mass is 366 g/mol. The van der Waals surface area contributed by atoms with Crippen LogP contribution >= 0.6 is 23.5 Å². The van der Waals surface area contributed by atoms with Gasteiger partial charge in [0.1, 0.15) is 11.5 Å². The van der Waals surface area contributed by atoms with Gasteiger partial charge in [0.2, 0.25) is 0 Å². The third kappa shape index (κ3) is 2.93. The number of aromatic hydroxyl groups is 2. The zero-order chi connectivity index (χ0) is 17.3. The molecule has 2 aromatic carbocycles. The van der Waals surface area contributed by atoms with Crippen molar-refractivity contribution in [1.82, 2.24) is 10.3 Å². The molecular formula is C16H15ClN2O4S. The Morgan fingerprint density at radius 3 is 2.46 bits per heavy atom. The fraction of sp³-hybridized carbons (Fsp3) is 0.125. The summed E-state index contributed by atoms with van der Waals surface area (Å²) >= 11 is 7.33. The Morgan fingerprint density at radius 2 is 1.75 bits per heavy atom. The number of phenolic OH excluding ortho intramolecular Hbond substituents is 2. The van der Waals surface area contributed by atoms with Gasteiger partial charge in [-0.2, -0.15) is 4.83 Å². The van der Waals surface area contributed by atoms with Gasteiger partial charge in [0, 0.05) is 11.6 Å². The smallest absolute Gasteiger partial charge is 0.161 e. The van der Waals surface area contributed by atoms with Gasteiger partial charge >= 0.3 is 0 Å². The van der Waals surface area contributed by atoms with E-state index in [1.165, 1.54) is 24.1 Å². The molecule has 6 nitrogen and oxygen atoms in total. The summed E-state index contributed by atoms with van der Waals surface area (Å²) in [4.78, 5) is 3.79. The summed E-state index contributed by atoms with van der Waals surface area (Å²) in [6, 6.07) is 8.25. The van der Waals surface area contributed by atoms with Crippen molar-refractivity contribution in [1.29, 1.82) is 0 Å². The van der Waals surface area contributed by atoms with Crippen LogP contribution in [0.3, 0.4) is 0 Å². The lowest BCUT2D eigenvalue weighted by Gasteiger charge is -2.12. The molecule has 24 heavy (non-hydrogen) atoms. The molecular weight excluding hydrogens is 352 g/mol. The molecule has 3 rings (SSSR count). The molecule has 0 fully saturated rings. The average Bonchev–Trinajstić information content (AvgIpc) is 3.06. The van der Waals surface area contributed by atoms with Gasteiger partial charge in [-0.15, -0.1) is 0 Å². The molecule has 4 N–H and O–H groups in total. The highest BCUT2D eigenvalue weighted by Gasteiger charge is 2.23. The van der Waals surface area contributed by atoms with Crippen molar-refractivity contribution < 1.29 is 19.7 Å². The lowest BCUT2D eigenvalue weighted by Crippen LogP contribution is -2.17. The molecule has 0 atom stereocenters. The highest BCUT2D eigenvalue weighted by atomic mass is 35.5. The number of hydrogen-bond acceptors (Lipinski definition) is 7. The van der Waals surface area contributed by atoms with Crippen LogP contribution in [0.25, 0.3) is 10.6 Å². The highest BCUT2D eigenvalue weighted by Crippen LogP contribution is 2.43. The number of hydrogen-bond donors (Lipinski definition) is 4. The van der Waals surface area contributed by atoms with Gasteiger partial charge in [-0.3, -0.25) is 0 Å². The Hall–Kier alpha value is -2.22. The summed E-state index contributed by atoms with van der Waals surface area (Å²) in [5, 5.41) is 19.9. The molecule has 0 spiro atoms. The number of benzene rings is 2. The minimum Gasteiger partial charge on any atom is -0.507 e. The fourth-order valence-corrected chi connectivity index (χ4v) is 3.28. The maximum absolute atomic E-state index is 10.1. The van der Waals surface area contributed by atoms with Crippen LogP contribution in [-0.2, 0) is 0 Å². The van der Waals surface area contributed by atoms with E-state index in [2.05, 4.69) is 10.3 Å². The molecule has 0 saturated carbocycles. The van der Waals surface area contributed by atoms with E-state index in [1.54, 1.807) is 20.3 Å². The van der Waals surface area contributed by atoms with Gasteiger partial charge in [0.15, 0.2) is 11.5 Å². The summed E-state index contributed by atoms with van der Waals surface area (Å²) in [6.45, 7) is 0. The minimum atomic E-state index is -0.176. The molecule has 0 aromatic heterocycles. The van der Waals surface area contributed by atoms with E-state index in [1.807, 2.05) is 12.1 Å². The third-order valence-corrected chi connectivity index (χ3v) is 4.69. The van der Waals surface area contributed by atoms with E-state index < -0.39 is 0 Å². The zero-order valence-electron chi connectivity index (χ0n) is 12.9. The van der Waals surface area contributed by atoms with Crippen molar-refractivity contribution in [3.05, 3.63) is 46.5 Å². The summed E-state index contributed by atoms with van der Waals surface area (Å²) < 4.78 is 10.6. The number of nitrogens with one attached hydrogen (secondary N) is 2. The third-order valence-electron chi connectivity index (χ3n) is 3.54. The van der Waals surface area contributed by atoms with E-state index in [-0.39, 0.29) is 16.5 Å². The number of rotatable bonds is 4. The van der Waals surface area contributed by atoms with Gasteiger partial charge in [-0.1, -0.05) is 11.6 Å². The lowest BCUT2D eigenvalue weighted by molar-refractivity contribution is 0.355. The number of ether oxygens (including phenoxy) is 2. The summed E-state index contributed by atoms with van der Waals surface area (Å²) in [5.74, 6) is 0.969. The normalized spacial score (nSPS) is 13.8. The van der Waals surface area contributed by atoms with E-state index in [9.17, 15) is 10.2 Å². The van der Waals surface area contributed by atoms with Crippen molar-refractivity contribution in [2.75, 3.05) is 14.2 Å². The number of hydrazine groups is 1. The molecule has 0 saturated heterocycles. The molecule has 1 aliphatic heterocycles. The maximum Gasteiger partial charge on any atom is 0.161 e. The van der Waals surface area contributed by atoms with Crippen LogP contribution in [0.5, 0.6) is 23.0 Å². The van der Waals surface area contributed by atoms with Gasteiger partial charge in [-0.25, -0.2) is 0 Å². The Kier molecular flexibility index (Phi) is 4.66. The second kappa shape index (κ2) is 6.72. The van der Waals surface area contributed by atoms with Gasteiger partial charge in [0.25, 0.3) is 0 Å². The van der Waals surface area contributed by atoms with E-state index >= 15 is 0 Å². The highest BCUT2D eigenvalue weighted by molar-refractivity contribution is 8.07. The predicted octanol–water partition coefficient (Wildman–Crippen LogP) is 3.35. The van der Waals surface area contributed by atoms with Crippen LogP contribution in [0.15, 0.2) is 30.3 Å². The minimum absolute atomic E-state index is 0.0818. The van der Waals surface area contributed by atoms with Gasteiger partial charge < -0.3 is 25.1 Å². The quantitative estimate of drug-likeness (QED) is 0.617. The summed E-state index contributed by atoms with van der Waals surface area (Å²) in [6.07, 6.45) is 0.